The van der Waals surface area contributed by atoms with Gasteiger partial charge in [0.05, 0.1) is 19.2 Å². The van der Waals surface area contributed by atoms with E-state index in [4.69, 9.17) is 5.11 Å². The van der Waals surface area contributed by atoms with Gasteiger partial charge in [0, 0.05) is 24.7 Å². The normalized spacial score (nSPS) is 10.3. The van der Waals surface area contributed by atoms with Crippen LogP contribution in [0, 0.1) is 0 Å². The third kappa shape index (κ3) is 5.10. The highest BCUT2D eigenvalue weighted by atomic mass is 16.4. The van der Waals surface area contributed by atoms with Crippen molar-refractivity contribution in [2.75, 3.05) is 0 Å². The molecule has 2 aromatic rings. The lowest BCUT2D eigenvalue weighted by Crippen LogP contribution is -2.23. The Morgan fingerprint density at radius 3 is 2.62 bits per heavy atom. The Labute approximate surface area is 122 Å². The summed E-state index contributed by atoms with van der Waals surface area (Å²) in [6, 6.07) is 9.96. The largest absolute Gasteiger partial charge is 0.481 e. The van der Waals surface area contributed by atoms with E-state index in [0.29, 0.717) is 13.1 Å². The van der Waals surface area contributed by atoms with Gasteiger partial charge in [-0.25, -0.2) is 0 Å². The van der Waals surface area contributed by atoms with Crippen molar-refractivity contribution in [3.63, 3.8) is 0 Å². The van der Waals surface area contributed by atoms with Gasteiger partial charge in [0.25, 0.3) is 0 Å². The van der Waals surface area contributed by atoms with Crippen LogP contribution in [-0.2, 0) is 22.7 Å². The number of aromatic nitrogens is 2. The number of carboxylic acids is 1. The molecular formula is C15H17N3O3. The molecule has 0 aliphatic rings. The van der Waals surface area contributed by atoms with Crippen molar-refractivity contribution in [2.45, 2.75) is 25.9 Å². The van der Waals surface area contributed by atoms with Gasteiger partial charge in [-0.1, -0.05) is 30.3 Å². The van der Waals surface area contributed by atoms with E-state index in [9.17, 15) is 9.59 Å². The zero-order valence-electron chi connectivity index (χ0n) is 11.5. The van der Waals surface area contributed by atoms with Crippen LogP contribution >= 0.6 is 0 Å². The highest BCUT2D eigenvalue weighted by Gasteiger charge is 2.06. The van der Waals surface area contributed by atoms with Crippen LogP contribution in [0.4, 0.5) is 0 Å². The number of carbonyl (C=O) groups excluding carboxylic acids is 1. The summed E-state index contributed by atoms with van der Waals surface area (Å²) in [5.74, 6) is -1.24. The number of carbonyl (C=O) groups is 2. The Bertz CT molecular complexity index is 608. The summed E-state index contributed by atoms with van der Waals surface area (Å²) >= 11 is 0. The van der Waals surface area contributed by atoms with E-state index < -0.39 is 5.97 Å². The molecule has 110 valence electrons. The van der Waals surface area contributed by atoms with Crippen LogP contribution in [0.2, 0.25) is 0 Å². The van der Waals surface area contributed by atoms with E-state index in [1.807, 2.05) is 36.5 Å². The van der Waals surface area contributed by atoms with Gasteiger partial charge in [-0.15, -0.1) is 0 Å². The predicted octanol–water partition coefficient (Wildman–Crippen LogP) is 1.41. The monoisotopic (exact) mass is 287 g/mol. The SMILES string of the molecule is O=C(O)CCC(=O)NCc1cnn(Cc2ccccc2)c1. The standard InChI is InChI=1S/C15H17N3O3/c19-14(6-7-15(20)21)16-8-13-9-17-18(11-13)10-12-4-2-1-3-5-12/h1-5,9,11H,6-8,10H2,(H,16,19)(H,20,21). The Morgan fingerprint density at radius 2 is 1.90 bits per heavy atom. The Hall–Kier alpha value is -2.63. The summed E-state index contributed by atoms with van der Waals surface area (Å²) in [6.45, 7) is 1.03. The molecule has 6 nitrogen and oxygen atoms in total. The molecule has 0 bridgehead atoms. The molecule has 0 spiro atoms. The lowest BCUT2D eigenvalue weighted by atomic mass is 10.2. The third-order valence-electron chi connectivity index (χ3n) is 2.93. The van der Waals surface area contributed by atoms with Gasteiger partial charge in [0.2, 0.25) is 5.91 Å². The first-order chi connectivity index (χ1) is 10.1. The Morgan fingerprint density at radius 1 is 1.14 bits per heavy atom. The van der Waals surface area contributed by atoms with Crippen LogP contribution in [0.5, 0.6) is 0 Å². The van der Waals surface area contributed by atoms with Crippen molar-refractivity contribution in [1.29, 1.82) is 0 Å². The van der Waals surface area contributed by atoms with Gasteiger partial charge < -0.3 is 10.4 Å². The van der Waals surface area contributed by atoms with Gasteiger partial charge in [0.15, 0.2) is 0 Å². The zero-order valence-corrected chi connectivity index (χ0v) is 11.5. The minimum Gasteiger partial charge on any atom is -0.481 e. The molecule has 1 aromatic carbocycles. The maximum absolute atomic E-state index is 11.4. The first kappa shape index (κ1) is 14.8. The fourth-order valence-electron chi connectivity index (χ4n) is 1.86. The first-order valence-electron chi connectivity index (χ1n) is 6.67. The van der Waals surface area contributed by atoms with Gasteiger partial charge in [-0.3, -0.25) is 14.3 Å². The van der Waals surface area contributed by atoms with E-state index in [0.717, 1.165) is 11.1 Å². The number of rotatable bonds is 7. The molecule has 6 heteroatoms. The fraction of sp³-hybridized carbons (Fsp3) is 0.267. The van der Waals surface area contributed by atoms with Crippen molar-refractivity contribution in [3.8, 4) is 0 Å². The number of hydrogen-bond acceptors (Lipinski definition) is 3. The van der Waals surface area contributed by atoms with Crippen molar-refractivity contribution < 1.29 is 14.7 Å². The minimum absolute atomic E-state index is 0.00646. The molecule has 0 aliphatic carbocycles. The average molecular weight is 287 g/mol. The highest BCUT2D eigenvalue weighted by molar-refractivity contribution is 5.80. The highest BCUT2D eigenvalue weighted by Crippen LogP contribution is 2.04. The molecule has 2 rings (SSSR count). The molecule has 0 saturated heterocycles. The van der Waals surface area contributed by atoms with E-state index in [1.165, 1.54) is 0 Å². The van der Waals surface area contributed by atoms with Gasteiger partial charge in [-0.05, 0) is 5.56 Å². The van der Waals surface area contributed by atoms with Crippen molar-refractivity contribution >= 4 is 11.9 Å². The summed E-state index contributed by atoms with van der Waals surface area (Å²) in [4.78, 5) is 21.8. The topological polar surface area (TPSA) is 84.2 Å². The number of carboxylic acid groups (broad SMARTS) is 1. The summed E-state index contributed by atoms with van der Waals surface area (Å²) < 4.78 is 1.80. The second-order valence-electron chi connectivity index (χ2n) is 4.70. The number of aliphatic carboxylic acids is 1. The fourth-order valence-corrected chi connectivity index (χ4v) is 1.86. The van der Waals surface area contributed by atoms with Crippen LogP contribution in [0.25, 0.3) is 0 Å². The van der Waals surface area contributed by atoms with Crippen LogP contribution in [0.15, 0.2) is 42.7 Å². The smallest absolute Gasteiger partial charge is 0.303 e. The second-order valence-corrected chi connectivity index (χ2v) is 4.70. The van der Waals surface area contributed by atoms with E-state index in [-0.39, 0.29) is 18.7 Å². The molecular weight excluding hydrogens is 270 g/mol. The van der Waals surface area contributed by atoms with Crippen LogP contribution in [-0.4, -0.2) is 26.8 Å². The Balaban J connectivity index is 1.80. The molecule has 0 atom stereocenters. The molecule has 2 N–H and O–H groups in total. The van der Waals surface area contributed by atoms with E-state index in [1.54, 1.807) is 10.9 Å². The number of amides is 1. The van der Waals surface area contributed by atoms with Gasteiger partial charge in [-0.2, -0.15) is 5.10 Å². The quantitative estimate of drug-likeness (QED) is 0.806. The summed E-state index contributed by atoms with van der Waals surface area (Å²) in [7, 11) is 0. The molecule has 0 unspecified atom stereocenters. The molecule has 1 aromatic heterocycles. The van der Waals surface area contributed by atoms with E-state index >= 15 is 0 Å². The number of nitrogens with zero attached hydrogens (tertiary/aromatic N) is 2. The Kier molecular flexibility index (Phi) is 5.09. The molecule has 1 amide bonds. The molecule has 0 saturated carbocycles. The molecule has 1 heterocycles. The number of benzene rings is 1. The molecule has 21 heavy (non-hydrogen) atoms. The summed E-state index contributed by atoms with van der Waals surface area (Å²) in [6.07, 6.45) is 3.40. The maximum atomic E-state index is 11.4. The summed E-state index contributed by atoms with van der Waals surface area (Å²) in [5.41, 5.74) is 2.03. The average Bonchev–Trinajstić information content (AvgIpc) is 2.91. The van der Waals surface area contributed by atoms with Crippen molar-refractivity contribution in [1.82, 2.24) is 15.1 Å². The minimum atomic E-state index is -0.971. The van der Waals surface area contributed by atoms with Crippen LogP contribution in [0.1, 0.15) is 24.0 Å². The molecule has 0 radical (unpaired) electrons. The third-order valence-corrected chi connectivity index (χ3v) is 2.93. The molecule has 0 fully saturated rings. The summed E-state index contributed by atoms with van der Waals surface area (Å²) in [5, 5.41) is 15.4. The van der Waals surface area contributed by atoms with Crippen molar-refractivity contribution in [3.05, 3.63) is 53.9 Å². The lowest BCUT2D eigenvalue weighted by Gasteiger charge is -2.02. The lowest BCUT2D eigenvalue weighted by molar-refractivity contribution is -0.138. The maximum Gasteiger partial charge on any atom is 0.303 e. The number of hydrogen-bond donors (Lipinski definition) is 2. The van der Waals surface area contributed by atoms with Crippen molar-refractivity contribution in [2.24, 2.45) is 0 Å². The second kappa shape index (κ2) is 7.23. The van der Waals surface area contributed by atoms with Crippen LogP contribution in [0.3, 0.4) is 0 Å². The predicted molar refractivity (Wildman–Crippen MR) is 76.5 cm³/mol. The number of nitrogens with one attached hydrogen (secondary N) is 1. The van der Waals surface area contributed by atoms with E-state index in [2.05, 4.69) is 10.4 Å². The zero-order chi connectivity index (χ0) is 15.1. The van der Waals surface area contributed by atoms with Gasteiger partial charge in [0.1, 0.15) is 0 Å². The van der Waals surface area contributed by atoms with Crippen LogP contribution < -0.4 is 5.32 Å². The first-order valence-corrected chi connectivity index (χ1v) is 6.67. The molecule has 0 aliphatic heterocycles. The van der Waals surface area contributed by atoms with Gasteiger partial charge >= 0.3 is 5.97 Å².